The van der Waals surface area contributed by atoms with Gasteiger partial charge < -0.3 is 11.1 Å². The molecule has 1 aromatic carbocycles. The highest BCUT2D eigenvalue weighted by atomic mass is 127. The van der Waals surface area contributed by atoms with Crippen LogP contribution >= 0.6 is 24.0 Å². The number of halogens is 1. The topological polar surface area (TPSA) is 50.4 Å². The van der Waals surface area contributed by atoms with Crippen molar-refractivity contribution < 1.29 is 0 Å². The average Bonchev–Trinajstić information content (AvgIpc) is 2.36. The van der Waals surface area contributed by atoms with Gasteiger partial charge in [0, 0.05) is 5.69 Å². The highest BCUT2D eigenvalue weighted by Gasteiger charge is 2.08. The summed E-state index contributed by atoms with van der Waals surface area (Å²) in [6.07, 6.45) is 6.44. The number of nitrogens with zero attached hydrogens (tertiary/aromatic N) is 1. The molecule has 0 radical (unpaired) electrons. The molecular formula is C15H22IN3. The van der Waals surface area contributed by atoms with Crippen LogP contribution in [0, 0.1) is 18.3 Å². The van der Waals surface area contributed by atoms with Crippen molar-refractivity contribution in [1.82, 2.24) is 0 Å². The van der Waals surface area contributed by atoms with Crippen LogP contribution in [0.25, 0.3) is 0 Å². The van der Waals surface area contributed by atoms with Gasteiger partial charge in [-0.05, 0) is 30.0 Å². The monoisotopic (exact) mass is 371 g/mol. The van der Waals surface area contributed by atoms with Gasteiger partial charge in [0.1, 0.15) is 6.04 Å². The van der Waals surface area contributed by atoms with Crippen molar-refractivity contribution in [2.75, 3.05) is 5.32 Å². The third-order valence-corrected chi connectivity index (χ3v) is 2.71. The van der Waals surface area contributed by atoms with Crippen molar-refractivity contribution in [3.05, 3.63) is 29.8 Å². The van der Waals surface area contributed by atoms with Gasteiger partial charge in [0.25, 0.3) is 0 Å². The molecule has 0 aromatic heterocycles. The van der Waals surface area contributed by atoms with Crippen molar-refractivity contribution in [1.29, 1.82) is 0 Å². The number of terminal acetylenes is 1. The maximum absolute atomic E-state index is 5.83. The summed E-state index contributed by atoms with van der Waals surface area (Å²) in [5, 5.41) is 3.05. The summed E-state index contributed by atoms with van der Waals surface area (Å²) >= 11 is 0. The quantitative estimate of drug-likeness (QED) is 0.370. The van der Waals surface area contributed by atoms with E-state index >= 15 is 0 Å². The van der Waals surface area contributed by atoms with Crippen LogP contribution in [0.1, 0.15) is 26.3 Å². The zero-order valence-corrected chi connectivity index (χ0v) is 14.0. The summed E-state index contributed by atoms with van der Waals surface area (Å²) in [6, 6.07) is 7.92. The number of benzene rings is 1. The van der Waals surface area contributed by atoms with Gasteiger partial charge in [-0.2, -0.15) is 0 Å². The van der Waals surface area contributed by atoms with E-state index in [9.17, 15) is 0 Å². The van der Waals surface area contributed by atoms with E-state index in [0.717, 1.165) is 12.1 Å². The molecule has 0 aliphatic carbocycles. The Hall–Kier alpha value is -1.22. The minimum atomic E-state index is -0.188. The van der Waals surface area contributed by atoms with Crippen LogP contribution < -0.4 is 11.1 Å². The van der Waals surface area contributed by atoms with E-state index in [2.05, 4.69) is 35.3 Å². The lowest BCUT2D eigenvalue weighted by Gasteiger charge is -2.12. The fourth-order valence-electron chi connectivity index (χ4n) is 1.53. The number of rotatable bonds is 4. The molecule has 1 rings (SSSR count). The first-order valence-corrected chi connectivity index (χ1v) is 6.22. The Morgan fingerprint density at radius 2 is 1.95 bits per heavy atom. The lowest BCUT2D eigenvalue weighted by molar-refractivity contribution is 0.586. The lowest BCUT2D eigenvalue weighted by atomic mass is 10.1. The van der Waals surface area contributed by atoms with Gasteiger partial charge in [0.15, 0.2) is 5.96 Å². The van der Waals surface area contributed by atoms with Gasteiger partial charge in [-0.3, -0.25) is 0 Å². The van der Waals surface area contributed by atoms with Gasteiger partial charge >= 0.3 is 0 Å². The Labute approximate surface area is 133 Å². The molecule has 104 valence electrons. The number of aryl methyl sites for hydroxylation is 1. The molecule has 0 aliphatic rings. The summed E-state index contributed by atoms with van der Waals surface area (Å²) in [5.41, 5.74) is 8.05. The molecule has 3 nitrogen and oxygen atoms in total. The van der Waals surface area contributed by atoms with Crippen molar-refractivity contribution in [2.45, 2.75) is 33.2 Å². The Bertz CT molecular complexity index is 443. The number of nitrogens with one attached hydrogen (secondary N) is 1. The van der Waals surface area contributed by atoms with Crippen molar-refractivity contribution in [3.63, 3.8) is 0 Å². The van der Waals surface area contributed by atoms with E-state index in [1.165, 1.54) is 5.56 Å². The van der Waals surface area contributed by atoms with Crippen LogP contribution in [-0.4, -0.2) is 12.0 Å². The molecule has 0 amide bonds. The van der Waals surface area contributed by atoms with Gasteiger partial charge in [-0.1, -0.05) is 38.8 Å². The number of hydrogen-bond donors (Lipinski definition) is 2. The van der Waals surface area contributed by atoms with E-state index in [-0.39, 0.29) is 35.9 Å². The molecule has 4 heteroatoms. The molecule has 1 unspecified atom stereocenters. The number of guanidine groups is 1. The highest BCUT2D eigenvalue weighted by Crippen LogP contribution is 2.10. The normalized spacial score (nSPS) is 12.5. The summed E-state index contributed by atoms with van der Waals surface area (Å²) in [7, 11) is 0. The molecule has 1 aromatic rings. The third kappa shape index (κ3) is 5.97. The van der Waals surface area contributed by atoms with E-state index < -0.39 is 0 Å². The first kappa shape index (κ1) is 17.8. The summed E-state index contributed by atoms with van der Waals surface area (Å²) in [6.45, 7) is 6.17. The number of hydrogen-bond acceptors (Lipinski definition) is 1. The zero-order chi connectivity index (χ0) is 13.5. The summed E-state index contributed by atoms with van der Waals surface area (Å²) in [5.74, 6) is 3.26. The van der Waals surface area contributed by atoms with Gasteiger partial charge in [0.05, 0.1) is 0 Å². The number of nitrogens with two attached hydrogens (primary N) is 1. The second-order valence-electron chi connectivity index (χ2n) is 4.55. The number of aliphatic imine (C=N–C) groups is 1. The molecular weight excluding hydrogens is 349 g/mol. The Morgan fingerprint density at radius 1 is 1.37 bits per heavy atom. The fraction of sp³-hybridized carbons (Fsp3) is 0.400. The van der Waals surface area contributed by atoms with E-state index in [4.69, 9.17) is 12.2 Å². The molecule has 1 atom stereocenters. The molecule has 19 heavy (non-hydrogen) atoms. The minimum absolute atomic E-state index is 0. The first-order valence-electron chi connectivity index (χ1n) is 6.22. The Morgan fingerprint density at radius 3 is 2.37 bits per heavy atom. The zero-order valence-electron chi connectivity index (χ0n) is 11.7. The predicted octanol–water partition coefficient (Wildman–Crippen LogP) is 3.25. The van der Waals surface area contributed by atoms with Gasteiger partial charge in [-0.25, -0.2) is 4.99 Å². The van der Waals surface area contributed by atoms with Gasteiger partial charge in [0.2, 0.25) is 0 Å². The molecule has 0 spiro atoms. The van der Waals surface area contributed by atoms with E-state index in [1.807, 2.05) is 26.0 Å². The maximum Gasteiger partial charge on any atom is 0.194 e. The predicted molar refractivity (Wildman–Crippen MR) is 93.9 cm³/mol. The molecule has 0 saturated carbocycles. The van der Waals surface area contributed by atoms with Crippen LogP contribution in [0.3, 0.4) is 0 Å². The van der Waals surface area contributed by atoms with Crippen molar-refractivity contribution >= 4 is 35.6 Å². The van der Waals surface area contributed by atoms with Crippen molar-refractivity contribution in [2.24, 2.45) is 16.6 Å². The maximum atomic E-state index is 5.83. The highest BCUT2D eigenvalue weighted by molar-refractivity contribution is 14.0. The minimum Gasteiger partial charge on any atom is -0.370 e. The van der Waals surface area contributed by atoms with Crippen LogP contribution in [-0.2, 0) is 6.42 Å². The molecule has 0 fully saturated rings. The third-order valence-electron chi connectivity index (χ3n) is 2.71. The molecule has 0 saturated heterocycles. The van der Waals surface area contributed by atoms with E-state index in [1.54, 1.807) is 0 Å². The summed E-state index contributed by atoms with van der Waals surface area (Å²) in [4.78, 5) is 4.28. The van der Waals surface area contributed by atoms with Crippen LogP contribution in [0.2, 0.25) is 0 Å². The smallest absolute Gasteiger partial charge is 0.194 e. The Kier molecular flexibility index (Phi) is 8.24. The SMILES string of the molecule is C#CC(N=C(N)Nc1ccc(CC)cc1)C(C)C.I. The molecule has 0 aliphatic heterocycles. The van der Waals surface area contributed by atoms with Gasteiger partial charge in [-0.15, -0.1) is 30.4 Å². The standard InChI is InChI=1S/C15H21N3.HI/c1-5-12-7-9-13(10-8-12)17-15(16)18-14(6-2)11(3)4;/h2,7-11,14H,5H2,1,3-4H3,(H3,16,17,18);1H. The number of anilines is 1. The van der Waals surface area contributed by atoms with Crippen molar-refractivity contribution in [3.8, 4) is 12.3 Å². The van der Waals surface area contributed by atoms with Crippen LogP contribution in [0.15, 0.2) is 29.3 Å². The molecule has 0 bridgehead atoms. The average molecular weight is 371 g/mol. The molecule has 3 N–H and O–H groups in total. The fourth-order valence-corrected chi connectivity index (χ4v) is 1.53. The largest absolute Gasteiger partial charge is 0.370 e. The second kappa shape index (κ2) is 8.81. The lowest BCUT2D eigenvalue weighted by Crippen LogP contribution is -2.26. The first-order chi connectivity index (χ1) is 8.56. The van der Waals surface area contributed by atoms with Crippen LogP contribution in [0.5, 0.6) is 0 Å². The Balaban J connectivity index is 0.00000324. The van der Waals surface area contributed by atoms with Crippen LogP contribution in [0.4, 0.5) is 5.69 Å². The van der Waals surface area contributed by atoms with E-state index in [0.29, 0.717) is 5.96 Å². The molecule has 0 heterocycles. The second-order valence-corrected chi connectivity index (χ2v) is 4.55. The summed E-state index contributed by atoms with van der Waals surface area (Å²) < 4.78 is 0.